The molecule has 0 spiro atoms. The van der Waals surface area contributed by atoms with E-state index in [4.69, 9.17) is 5.73 Å². The number of hydrogen-bond acceptors (Lipinski definition) is 4. The van der Waals surface area contributed by atoms with Crippen molar-refractivity contribution < 1.29 is 17.2 Å². The molecule has 9 heteroatoms. The lowest BCUT2D eigenvalue weighted by molar-refractivity contribution is 0.570. The minimum atomic E-state index is -3.83. The second kappa shape index (κ2) is 5.78. The first-order chi connectivity index (χ1) is 9.79. The molecule has 0 atom stereocenters. The first-order valence-electron chi connectivity index (χ1n) is 6.01. The van der Waals surface area contributed by atoms with E-state index in [1.54, 1.807) is 0 Å². The first kappa shape index (κ1) is 15.4. The molecule has 0 aliphatic heterocycles. The highest BCUT2D eigenvalue weighted by atomic mass is 32.2. The third kappa shape index (κ3) is 3.56. The summed E-state index contributed by atoms with van der Waals surface area (Å²) in [6.45, 7) is -0.0180. The van der Waals surface area contributed by atoms with Gasteiger partial charge in [-0.25, -0.2) is 26.9 Å². The Morgan fingerprint density at radius 1 is 1.29 bits per heavy atom. The lowest BCUT2D eigenvalue weighted by Crippen LogP contribution is -2.28. The van der Waals surface area contributed by atoms with Crippen LogP contribution in [-0.2, 0) is 23.5 Å². The van der Waals surface area contributed by atoms with Crippen LogP contribution < -0.4 is 10.5 Å². The van der Waals surface area contributed by atoms with Gasteiger partial charge in [-0.3, -0.25) is 0 Å². The van der Waals surface area contributed by atoms with Gasteiger partial charge in [0.05, 0.1) is 6.33 Å². The van der Waals surface area contributed by atoms with E-state index >= 15 is 0 Å². The second-order valence-electron chi connectivity index (χ2n) is 4.47. The Hall–Kier alpha value is -2.00. The van der Waals surface area contributed by atoms with Gasteiger partial charge in [-0.2, -0.15) is 0 Å². The molecule has 3 N–H and O–H groups in total. The van der Waals surface area contributed by atoms with Crippen molar-refractivity contribution in [3.63, 3.8) is 0 Å². The van der Waals surface area contributed by atoms with Crippen molar-refractivity contribution >= 4 is 15.8 Å². The number of aryl methyl sites for hydroxylation is 1. The van der Waals surface area contributed by atoms with Gasteiger partial charge in [0, 0.05) is 19.7 Å². The van der Waals surface area contributed by atoms with Gasteiger partial charge in [-0.15, -0.1) is 0 Å². The van der Waals surface area contributed by atoms with E-state index in [9.17, 15) is 17.2 Å². The monoisotopic (exact) mass is 316 g/mol. The molecule has 0 aliphatic carbocycles. The van der Waals surface area contributed by atoms with E-state index in [2.05, 4.69) is 9.71 Å². The Labute approximate surface area is 120 Å². The van der Waals surface area contributed by atoms with Gasteiger partial charge in [0.2, 0.25) is 0 Å². The van der Waals surface area contributed by atoms with Crippen LogP contribution in [0.1, 0.15) is 5.56 Å². The summed E-state index contributed by atoms with van der Waals surface area (Å²) in [5.74, 6) is -1.52. The molecule has 1 aromatic carbocycles. The maximum atomic E-state index is 13.0. The maximum absolute atomic E-state index is 13.0. The zero-order valence-electron chi connectivity index (χ0n) is 11.2. The van der Waals surface area contributed by atoms with Crippen molar-refractivity contribution in [2.75, 3.05) is 12.3 Å². The highest BCUT2D eigenvalue weighted by Gasteiger charge is 2.21. The zero-order valence-corrected chi connectivity index (χ0v) is 12.0. The van der Waals surface area contributed by atoms with Crippen LogP contribution in [-0.4, -0.2) is 24.5 Å². The number of nitrogens with two attached hydrogens (primary N) is 1. The molecule has 0 fully saturated rings. The molecule has 21 heavy (non-hydrogen) atoms. The van der Waals surface area contributed by atoms with E-state index in [0.717, 1.165) is 18.2 Å². The number of imidazole rings is 1. The molecule has 0 bridgehead atoms. The molecule has 0 unspecified atom stereocenters. The SMILES string of the molecule is Cn1cnc(N)c1S(=O)(=O)NCCc1cc(F)cc(F)c1. The quantitative estimate of drug-likeness (QED) is 0.854. The molecule has 0 amide bonds. The summed E-state index contributed by atoms with van der Waals surface area (Å²) in [5, 5.41) is -0.145. The summed E-state index contributed by atoms with van der Waals surface area (Å²) in [6.07, 6.45) is 1.43. The third-order valence-corrected chi connectivity index (χ3v) is 4.38. The number of aromatic nitrogens is 2. The Kier molecular flexibility index (Phi) is 4.24. The van der Waals surface area contributed by atoms with Gasteiger partial charge in [0.25, 0.3) is 10.0 Å². The highest BCUT2D eigenvalue weighted by Crippen LogP contribution is 2.15. The van der Waals surface area contributed by atoms with Crippen LogP contribution in [0, 0.1) is 11.6 Å². The molecule has 6 nitrogen and oxygen atoms in total. The van der Waals surface area contributed by atoms with Gasteiger partial charge >= 0.3 is 0 Å². The molecule has 2 rings (SSSR count). The molecular formula is C12H14F2N4O2S. The Balaban J connectivity index is 2.06. The standard InChI is InChI=1S/C12H14F2N4O2S/c1-18-7-16-11(15)12(18)21(19,20)17-3-2-8-4-9(13)6-10(14)5-8/h4-7,17H,2-3,15H2,1H3. The molecular weight excluding hydrogens is 302 g/mol. The van der Waals surface area contributed by atoms with Gasteiger partial charge < -0.3 is 10.3 Å². The number of hydrogen-bond donors (Lipinski definition) is 2. The minimum Gasteiger partial charge on any atom is -0.381 e. The normalized spacial score (nSPS) is 11.8. The minimum absolute atomic E-state index is 0.0180. The van der Waals surface area contributed by atoms with Crippen LogP contribution in [0.5, 0.6) is 0 Å². The summed E-state index contributed by atoms with van der Waals surface area (Å²) in [5.41, 5.74) is 5.85. The molecule has 114 valence electrons. The topological polar surface area (TPSA) is 90.0 Å². The van der Waals surface area contributed by atoms with Gasteiger partial charge in [-0.1, -0.05) is 0 Å². The fourth-order valence-electron chi connectivity index (χ4n) is 1.92. The molecule has 1 aromatic heterocycles. The van der Waals surface area contributed by atoms with Crippen LogP contribution >= 0.6 is 0 Å². The molecule has 0 saturated carbocycles. The number of nitrogens with one attached hydrogen (secondary N) is 1. The van der Waals surface area contributed by atoms with E-state index in [1.807, 2.05) is 0 Å². The number of halogens is 2. The van der Waals surface area contributed by atoms with Crippen molar-refractivity contribution in [2.45, 2.75) is 11.4 Å². The maximum Gasteiger partial charge on any atom is 0.260 e. The van der Waals surface area contributed by atoms with Gasteiger partial charge in [0.1, 0.15) is 11.6 Å². The predicted octanol–water partition coefficient (Wildman–Crippen LogP) is 0.802. The third-order valence-electron chi connectivity index (χ3n) is 2.79. The van der Waals surface area contributed by atoms with Crippen LogP contribution in [0.15, 0.2) is 29.6 Å². The average Bonchev–Trinajstić information content (AvgIpc) is 2.68. The van der Waals surface area contributed by atoms with E-state index in [0.29, 0.717) is 5.56 Å². The Morgan fingerprint density at radius 2 is 1.90 bits per heavy atom. The van der Waals surface area contributed by atoms with E-state index in [1.165, 1.54) is 17.9 Å². The molecule has 1 heterocycles. The van der Waals surface area contributed by atoms with Crippen LogP contribution in [0.3, 0.4) is 0 Å². The molecule has 2 aromatic rings. The van der Waals surface area contributed by atoms with Gasteiger partial charge in [0.15, 0.2) is 10.8 Å². The summed E-state index contributed by atoms with van der Waals surface area (Å²) in [4.78, 5) is 3.69. The molecule has 0 saturated heterocycles. The second-order valence-corrected chi connectivity index (χ2v) is 6.15. The van der Waals surface area contributed by atoms with Gasteiger partial charge in [-0.05, 0) is 24.1 Å². The molecule has 0 aliphatic rings. The van der Waals surface area contributed by atoms with E-state index < -0.39 is 21.7 Å². The summed E-state index contributed by atoms with van der Waals surface area (Å²) in [6, 6.07) is 3.05. The fourth-order valence-corrected chi connectivity index (χ4v) is 3.18. The smallest absolute Gasteiger partial charge is 0.260 e. The lowest BCUT2D eigenvalue weighted by Gasteiger charge is -2.08. The summed E-state index contributed by atoms with van der Waals surface area (Å²) in [7, 11) is -2.33. The van der Waals surface area contributed by atoms with E-state index in [-0.39, 0.29) is 23.8 Å². The van der Waals surface area contributed by atoms with Crippen molar-refractivity contribution in [3.8, 4) is 0 Å². The molecule has 0 radical (unpaired) electrons. The first-order valence-corrected chi connectivity index (χ1v) is 7.49. The number of nitrogen functional groups attached to an aromatic ring is 1. The van der Waals surface area contributed by atoms with Crippen molar-refractivity contribution in [3.05, 3.63) is 41.7 Å². The Morgan fingerprint density at radius 3 is 2.43 bits per heavy atom. The van der Waals surface area contributed by atoms with Crippen molar-refractivity contribution in [1.29, 1.82) is 0 Å². The summed E-state index contributed by atoms with van der Waals surface area (Å²) >= 11 is 0. The largest absolute Gasteiger partial charge is 0.381 e. The van der Waals surface area contributed by atoms with Crippen LogP contribution in [0.2, 0.25) is 0 Å². The average molecular weight is 316 g/mol. The lowest BCUT2D eigenvalue weighted by atomic mass is 10.1. The number of rotatable bonds is 5. The van der Waals surface area contributed by atoms with Crippen LogP contribution in [0.25, 0.3) is 0 Å². The number of benzene rings is 1. The van der Waals surface area contributed by atoms with Crippen molar-refractivity contribution in [2.24, 2.45) is 7.05 Å². The number of nitrogens with zero attached hydrogens (tertiary/aromatic N) is 2. The zero-order chi connectivity index (χ0) is 15.6. The number of anilines is 1. The Bertz CT molecular complexity index is 719. The highest BCUT2D eigenvalue weighted by molar-refractivity contribution is 7.89. The fraction of sp³-hybridized carbons (Fsp3) is 0.250. The number of sulfonamides is 1. The predicted molar refractivity (Wildman–Crippen MR) is 72.9 cm³/mol. The van der Waals surface area contributed by atoms with Crippen molar-refractivity contribution in [1.82, 2.24) is 14.3 Å². The van der Waals surface area contributed by atoms with Crippen LogP contribution in [0.4, 0.5) is 14.6 Å². The summed E-state index contributed by atoms with van der Waals surface area (Å²) < 4.78 is 53.7.